The maximum atomic E-state index is 9.53. The van der Waals surface area contributed by atoms with Crippen LogP contribution in [0.3, 0.4) is 0 Å². The summed E-state index contributed by atoms with van der Waals surface area (Å²) in [5, 5.41) is 28.6. The molecule has 0 aromatic heterocycles. The summed E-state index contributed by atoms with van der Waals surface area (Å²) in [5.74, 6) is 0. The van der Waals surface area contributed by atoms with Gasteiger partial charge in [0.1, 0.15) is 0 Å². The van der Waals surface area contributed by atoms with Crippen molar-refractivity contribution < 1.29 is 45.6 Å². The molecule has 5 nitrogen and oxygen atoms in total. The van der Waals surface area contributed by atoms with Crippen molar-refractivity contribution in [2.75, 3.05) is 0 Å². The molecule has 0 aliphatic heterocycles. The minimum absolute atomic E-state index is 0. The van der Waals surface area contributed by atoms with E-state index in [0.717, 1.165) is 12.8 Å². The van der Waals surface area contributed by atoms with E-state index >= 15 is 0 Å². The van der Waals surface area contributed by atoms with Crippen LogP contribution in [0.25, 0.3) is 0 Å². The Bertz CT molecular complexity index is 131. The summed E-state index contributed by atoms with van der Waals surface area (Å²) in [4.78, 5) is 0. The van der Waals surface area contributed by atoms with E-state index in [4.69, 9.17) is 3.07 Å². The molecule has 170 valence electrons. The van der Waals surface area contributed by atoms with Crippen molar-refractivity contribution >= 4 is 22.9 Å². The van der Waals surface area contributed by atoms with Gasteiger partial charge in [0.15, 0.2) is 0 Å². The fraction of sp³-hybridized carbons (Fsp3) is 0.900. The molecule has 0 aromatic rings. The zero-order chi connectivity index (χ0) is 21.8. The maximum Gasteiger partial charge on any atom is 3.00 e. The molecule has 0 amide bonds. The van der Waals surface area contributed by atoms with E-state index in [2.05, 4.69) is 27.7 Å². The smallest absolute Gasteiger partial charge is 0.412 e. The Morgan fingerprint density at radius 3 is 0.778 bits per heavy atom. The molecule has 0 aliphatic carbocycles. The van der Waals surface area contributed by atoms with Crippen LogP contribution >= 0.6 is 0 Å². The Hall–Kier alpha value is 1.31. The summed E-state index contributed by atoms with van der Waals surface area (Å²) in [6, 6.07) is 0. The summed E-state index contributed by atoms with van der Waals surface area (Å²) in [6.45, 7) is 25.2. The Kier molecular flexibility index (Phi) is 107. The number of rotatable bonds is 3. The molecular formula is C20H50O5SnTi-2. The van der Waals surface area contributed by atoms with Crippen LogP contribution in [-0.4, -0.2) is 52.8 Å². The van der Waals surface area contributed by atoms with Gasteiger partial charge in [-0.1, -0.05) is 68.2 Å². The topological polar surface area (TPSA) is 110 Å². The summed E-state index contributed by atoms with van der Waals surface area (Å²) < 4.78 is 4.92. The first-order chi connectivity index (χ1) is 11.3. The minimum Gasteiger partial charge on any atom is -0.412 e. The van der Waals surface area contributed by atoms with Gasteiger partial charge >= 0.3 is 67.7 Å². The van der Waals surface area contributed by atoms with Crippen LogP contribution in [0.4, 0.5) is 0 Å². The van der Waals surface area contributed by atoms with Crippen LogP contribution in [0.5, 0.6) is 0 Å². The van der Waals surface area contributed by atoms with Crippen LogP contribution < -0.4 is 15.3 Å². The molecular weight excluding hydrogens is 487 g/mol. The zero-order valence-corrected chi connectivity index (χ0v) is 25.5. The predicted octanol–water partition coefficient (Wildman–Crippen LogP) is 1.64. The van der Waals surface area contributed by atoms with Crippen molar-refractivity contribution in [3.8, 4) is 0 Å². The minimum atomic E-state index is -0.417. The fourth-order valence-corrected chi connectivity index (χ4v) is 0. The monoisotopic (exact) mass is 538 g/mol. The standard InChI is InChI=1S/2C4H9.4C3H7O.H2O.Sn.Ti.2H/c2*1-3-4-2;4*1-3(2)4;;;;;/h2*1,3-4H2,2H3;4*3H,1-2H3;1H2;;;;/q6*-1;;+1;+3;;. The van der Waals surface area contributed by atoms with Crippen molar-refractivity contribution in [1.29, 1.82) is 0 Å². The Balaban J connectivity index is -0.0000000264. The van der Waals surface area contributed by atoms with E-state index in [1.54, 1.807) is 41.5 Å². The van der Waals surface area contributed by atoms with E-state index < -0.39 is 18.3 Å². The molecule has 0 rings (SSSR count). The first-order valence-corrected chi connectivity index (χ1v) is 10.9. The van der Waals surface area contributed by atoms with Gasteiger partial charge in [-0.2, -0.15) is 12.8 Å². The normalized spacial score (nSPS) is 8.00. The van der Waals surface area contributed by atoms with Crippen molar-refractivity contribution in [3.05, 3.63) is 13.8 Å². The molecule has 0 unspecified atom stereocenters. The van der Waals surface area contributed by atoms with Crippen molar-refractivity contribution in [2.24, 2.45) is 0 Å². The van der Waals surface area contributed by atoms with Crippen LogP contribution in [-0.2, 0) is 24.8 Å². The van der Waals surface area contributed by atoms with Crippen LogP contribution in [0.1, 0.15) is 94.9 Å². The van der Waals surface area contributed by atoms with Crippen molar-refractivity contribution in [1.82, 2.24) is 0 Å². The maximum absolute atomic E-state index is 9.53. The van der Waals surface area contributed by atoms with E-state index in [1.165, 1.54) is 12.8 Å². The van der Waals surface area contributed by atoms with Crippen LogP contribution in [0, 0.1) is 13.8 Å². The van der Waals surface area contributed by atoms with Crippen molar-refractivity contribution in [3.63, 3.8) is 0 Å². The number of hydrogen-bond acceptors (Lipinski definition) is 4. The van der Waals surface area contributed by atoms with E-state index in [9.17, 15) is 15.3 Å². The Labute approximate surface area is 200 Å². The molecule has 0 saturated heterocycles. The number of hydrogen-bond donors (Lipinski definition) is 0. The van der Waals surface area contributed by atoms with Gasteiger partial charge in [-0.25, -0.2) is 0 Å². The second-order valence-corrected chi connectivity index (χ2v) is 7.02. The molecule has 0 bridgehead atoms. The molecule has 0 heterocycles. The van der Waals surface area contributed by atoms with Gasteiger partial charge < -0.3 is 34.6 Å². The van der Waals surface area contributed by atoms with Gasteiger partial charge in [0.05, 0.1) is 0 Å². The van der Waals surface area contributed by atoms with Gasteiger partial charge in [-0.15, -0.1) is 18.3 Å². The first-order valence-electron chi connectivity index (χ1n) is 9.26. The molecule has 0 aliphatic rings. The quantitative estimate of drug-likeness (QED) is 0.403. The third-order valence-electron chi connectivity index (χ3n) is 1.04. The molecule has 2 radical (unpaired) electrons. The summed E-state index contributed by atoms with van der Waals surface area (Å²) >= 11 is 0.689. The molecule has 2 N–H and O–H groups in total. The van der Waals surface area contributed by atoms with Crippen molar-refractivity contribution in [2.45, 2.75) is 119 Å². The van der Waals surface area contributed by atoms with Gasteiger partial charge in [0.25, 0.3) is 0 Å². The largest absolute Gasteiger partial charge is 3.00 e. The molecule has 0 spiro atoms. The van der Waals surface area contributed by atoms with Gasteiger partial charge in [0.2, 0.25) is 0 Å². The Morgan fingerprint density at radius 1 is 0.704 bits per heavy atom. The predicted molar refractivity (Wildman–Crippen MR) is 114 cm³/mol. The van der Waals surface area contributed by atoms with Crippen LogP contribution in [0.2, 0.25) is 0 Å². The average molecular weight is 537 g/mol. The number of unbranched alkanes of at least 4 members (excludes halogenated alkanes) is 2. The summed E-state index contributed by atoms with van der Waals surface area (Å²) in [7, 11) is 0. The van der Waals surface area contributed by atoms with E-state index in [0.29, 0.717) is 29.0 Å². The zero-order valence-electron chi connectivity index (χ0n) is 19.9. The second-order valence-electron chi connectivity index (χ2n) is 6.07. The summed E-state index contributed by atoms with van der Waals surface area (Å²) in [6.07, 6.45) is 3.77. The average Bonchev–Trinajstić information content (AvgIpc) is 2.46. The van der Waals surface area contributed by atoms with Gasteiger partial charge in [-0.3, -0.25) is 0 Å². The third-order valence-corrected chi connectivity index (χ3v) is 2.94. The SMILES string of the molecule is CC(C)[O-].CC(C)[O-].CC(C)[O-].CC(C)[O][SnH2].O.[CH2-]CCC.[CH2-]CCC.[Ti+3]. The van der Waals surface area contributed by atoms with Gasteiger partial charge in [-0.05, 0) is 0 Å². The third kappa shape index (κ3) is 620. The second kappa shape index (κ2) is 56.4. The summed E-state index contributed by atoms with van der Waals surface area (Å²) in [5.41, 5.74) is 0. The molecule has 0 aromatic carbocycles. The van der Waals surface area contributed by atoms with Gasteiger partial charge in [0, 0.05) is 0 Å². The molecule has 0 saturated carbocycles. The van der Waals surface area contributed by atoms with Crippen LogP contribution in [0.15, 0.2) is 0 Å². The fourth-order valence-electron chi connectivity index (χ4n) is 0. The molecule has 7 heteroatoms. The molecule has 27 heavy (non-hydrogen) atoms. The van der Waals surface area contributed by atoms with E-state index in [1.807, 2.05) is 13.8 Å². The molecule has 0 fully saturated rings. The van der Waals surface area contributed by atoms with E-state index in [-0.39, 0.29) is 27.2 Å². The Morgan fingerprint density at radius 2 is 0.778 bits per heavy atom. The molecule has 0 atom stereocenters. The first kappa shape index (κ1) is 51.2.